The van der Waals surface area contributed by atoms with E-state index in [9.17, 15) is 10.2 Å². The standard InChI is InChI=1S/C12H19NO2/c1-4-8(2)10-5-6-12(15)11(7-10)13-9(3)14/h5-9,13-15H,4H2,1-3H3. The van der Waals surface area contributed by atoms with Gasteiger partial charge in [-0.3, -0.25) is 0 Å². The number of aliphatic hydroxyl groups excluding tert-OH is 1. The third kappa shape index (κ3) is 3.13. The summed E-state index contributed by atoms with van der Waals surface area (Å²) in [5.74, 6) is 0.628. The van der Waals surface area contributed by atoms with E-state index < -0.39 is 6.23 Å². The van der Waals surface area contributed by atoms with E-state index in [1.165, 1.54) is 5.56 Å². The molecule has 0 bridgehead atoms. The van der Waals surface area contributed by atoms with E-state index in [0.717, 1.165) is 6.42 Å². The van der Waals surface area contributed by atoms with Crippen molar-refractivity contribution in [3.8, 4) is 5.75 Å². The maximum Gasteiger partial charge on any atom is 0.138 e. The van der Waals surface area contributed by atoms with E-state index in [-0.39, 0.29) is 5.75 Å². The molecule has 3 N–H and O–H groups in total. The normalized spacial score (nSPS) is 14.7. The van der Waals surface area contributed by atoms with Crippen molar-refractivity contribution < 1.29 is 10.2 Å². The Labute approximate surface area is 90.8 Å². The van der Waals surface area contributed by atoms with Gasteiger partial charge in [0.2, 0.25) is 0 Å². The zero-order chi connectivity index (χ0) is 11.4. The summed E-state index contributed by atoms with van der Waals surface area (Å²) in [7, 11) is 0. The number of hydrogen-bond donors (Lipinski definition) is 3. The van der Waals surface area contributed by atoms with Gasteiger partial charge in [-0.05, 0) is 37.0 Å². The maximum absolute atomic E-state index is 9.56. The van der Waals surface area contributed by atoms with Crippen LogP contribution >= 0.6 is 0 Å². The van der Waals surface area contributed by atoms with Gasteiger partial charge in [-0.2, -0.15) is 0 Å². The molecule has 0 spiro atoms. The molecule has 0 saturated heterocycles. The van der Waals surface area contributed by atoms with E-state index in [1.54, 1.807) is 13.0 Å². The highest BCUT2D eigenvalue weighted by Gasteiger charge is 2.08. The van der Waals surface area contributed by atoms with Crippen LogP contribution < -0.4 is 5.32 Å². The average molecular weight is 209 g/mol. The molecule has 1 aromatic carbocycles. The van der Waals surface area contributed by atoms with Gasteiger partial charge in [0.05, 0.1) is 5.69 Å². The first-order valence-corrected chi connectivity index (χ1v) is 5.32. The first kappa shape index (κ1) is 11.9. The van der Waals surface area contributed by atoms with E-state index in [2.05, 4.69) is 19.2 Å². The van der Waals surface area contributed by atoms with Gasteiger partial charge in [0.1, 0.15) is 12.0 Å². The summed E-state index contributed by atoms with van der Waals surface area (Å²) in [5.41, 5.74) is 1.75. The summed E-state index contributed by atoms with van der Waals surface area (Å²) in [6, 6.07) is 5.46. The van der Waals surface area contributed by atoms with Gasteiger partial charge < -0.3 is 15.5 Å². The van der Waals surface area contributed by atoms with Crippen LogP contribution in [0.3, 0.4) is 0 Å². The molecule has 2 atom stereocenters. The van der Waals surface area contributed by atoms with Crippen molar-refractivity contribution in [3.63, 3.8) is 0 Å². The Morgan fingerprint density at radius 1 is 1.33 bits per heavy atom. The lowest BCUT2D eigenvalue weighted by molar-refractivity contribution is 0.224. The first-order valence-electron chi connectivity index (χ1n) is 5.32. The first-order chi connectivity index (χ1) is 7.04. The third-order valence-corrected chi connectivity index (χ3v) is 2.57. The van der Waals surface area contributed by atoms with Crippen molar-refractivity contribution in [1.29, 1.82) is 0 Å². The summed E-state index contributed by atoms with van der Waals surface area (Å²) in [6.45, 7) is 5.88. The quantitative estimate of drug-likeness (QED) is 0.528. The number of rotatable bonds is 4. The van der Waals surface area contributed by atoms with E-state index >= 15 is 0 Å². The Kier molecular flexibility index (Phi) is 3.97. The number of phenols is 1. The summed E-state index contributed by atoms with van der Waals surface area (Å²) in [5, 5.41) is 21.6. The zero-order valence-corrected chi connectivity index (χ0v) is 9.49. The van der Waals surface area contributed by atoms with Gasteiger partial charge >= 0.3 is 0 Å². The van der Waals surface area contributed by atoms with Crippen LogP contribution in [0.5, 0.6) is 5.75 Å². The predicted octanol–water partition coefficient (Wildman–Crippen LogP) is 2.66. The van der Waals surface area contributed by atoms with Crippen LogP contribution in [-0.4, -0.2) is 16.4 Å². The number of hydrogen-bond acceptors (Lipinski definition) is 3. The van der Waals surface area contributed by atoms with Gasteiger partial charge in [0.15, 0.2) is 0 Å². The van der Waals surface area contributed by atoms with Gasteiger partial charge in [-0.15, -0.1) is 0 Å². The van der Waals surface area contributed by atoms with E-state index in [1.807, 2.05) is 12.1 Å². The second kappa shape index (κ2) is 5.03. The van der Waals surface area contributed by atoms with Crippen LogP contribution in [0, 0.1) is 0 Å². The Bertz CT molecular complexity index is 323. The Morgan fingerprint density at radius 2 is 2.00 bits per heavy atom. The highest BCUT2D eigenvalue weighted by molar-refractivity contribution is 5.57. The summed E-state index contributed by atoms with van der Waals surface area (Å²) in [4.78, 5) is 0. The third-order valence-electron chi connectivity index (χ3n) is 2.57. The van der Waals surface area contributed by atoms with Crippen molar-refractivity contribution >= 4 is 5.69 Å². The summed E-state index contributed by atoms with van der Waals surface area (Å²) < 4.78 is 0. The van der Waals surface area contributed by atoms with Crippen molar-refractivity contribution in [1.82, 2.24) is 0 Å². The smallest absolute Gasteiger partial charge is 0.138 e. The second-order valence-electron chi connectivity index (χ2n) is 3.91. The minimum absolute atomic E-state index is 0.169. The number of aromatic hydroxyl groups is 1. The van der Waals surface area contributed by atoms with Gasteiger partial charge in [0, 0.05) is 0 Å². The molecule has 3 heteroatoms. The second-order valence-corrected chi connectivity index (χ2v) is 3.91. The Morgan fingerprint density at radius 3 is 2.53 bits per heavy atom. The lowest BCUT2D eigenvalue weighted by Crippen LogP contribution is -2.13. The van der Waals surface area contributed by atoms with Gasteiger partial charge in [0.25, 0.3) is 0 Å². The molecule has 2 unspecified atom stereocenters. The lowest BCUT2D eigenvalue weighted by Gasteiger charge is -2.15. The van der Waals surface area contributed by atoms with Crippen molar-refractivity contribution in [3.05, 3.63) is 23.8 Å². The van der Waals surface area contributed by atoms with Crippen molar-refractivity contribution in [2.45, 2.75) is 39.3 Å². The topological polar surface area (TPSA) is 52.5 Å². The molecule has 1 aromatic rings. The number of anilines is 1. The molecule has 0 aromatic heterocycles. The molecular formula is C12H19NO2. The molecule has 3 nitrogen and oxygen atoms in total. The molecule has 0 aliphatic heterocycles. The fourth-order valence-electron chi connectivity index (χ4n) is 1.44. The molecule has 0 fully saturated rings. The number of benzene rings is 1. The number of phenolic OH excluding ortho intramolecular Hbond substituents is 1. The average Bonchev–Trinajstić information content (AvgIpc) is 2.19. The molecule has 0 aliphatic rings. The van der Waals surface area contributed by atoms with Crippen LogP contribution in [0.2, 0.25) is 0 Å². The zero-order valence-electron chi connectivity index (χ0n) is 9.49. The van der Waals surface area contributed by atoms with Crippen LogP contribution in [0.4, 0.5) is 5.69 Å². The summed E-state index contributed by atoms with van der Waals surface area (Å²) in [6.07, 6.45) is 0.391. The van der Waals surface area contributed by atoms with Crippen molar-refractivity contribution in [2.75, 3.05) is 5.32 Å². The largest absolute Gasteiger partial charge is 0.506 e. The molecule has 0 aliphatic carbocycles. The van der Waals surface area contributed by atoms with Crippen molar-refractivity contribution in [2.24, 2.45) is 0 Å². The molecular weight excluding hydrogens is 190 g/mol. The van der Waals surface area contributed by atoms with Crippen LogP contribution in [-0.2, 0) is 0 Å². The highest BCUT2D eigenvalue weighted by atomic mass is 16.3. The predicted molar refractivity (Wildman–Crippen MR) is 62.1 cm³/mol. The summed E-state index contributed by atoms with van der Waals surface area (Å²) >= 11 is 0. The molecule has 15 heavy (non-hydrogen) atoms. The van der Waals surface area contributed by atoms with E-state index in [4.69, 9.17) is 0 Å². The Balaban J connectivity index is 2.94. The maximum atomic E-state index is 9.56. The van der Waals surface area contributed by atoms with Crippen LogP contribution in [0.25, 0.3) is 0 Å². The SMILES string of the molecule is CCC(C)c1ccc(O)c(NC(C)O)c1. The molecule has 84 valence electrons. The number of aliphatic hydroxyl groups is 1. The molecule has 0 radical (unpaired) electrons. The lowest BCUT2D eigenvalue weighted by atomic mass is 9.98. The highest BCUT2D eigenvalue weighted by Crippen LogP contribution is 2.29. The van der Waals surface area contributed by atoms with Gasteiger partial charge in [-0.1, -0.05) is 19.9 Å². The molecule has 0 amide bonds. The minimum atomic E-state index is -0.664. The fourth-order valence-corrected chi connectivity index (χ4v) is 1.44. The minimum Gasteiger partial charge on any atom is -0.506 e. The molecule has 0 saturated carbocycles. The fraction of sp³-hybridized carbons (Fsp3) is 0.500. The molecule has 0 heterocycles. The van der Waals surface area contributed by atoms with Gasteiger partial charge in [-0.25, -0.2) is 0 Å². The monoisotopic (exact) mass is 209 g/mol. The number of nitrogens with one attached hydrogen (secondary N) is 1. The Hall–Kier alpha value is -1.22. The van der Waals surface area contributed by atoms with E-state index in [0.29, 0.717) is 11.6 Å². The van der Waals surface area contributed by atoms with Crippen LogP contribution in [0.15, 0.2) is 18.2 Å². The molecule has 1 rings (SSSR count). The van der Waals surface area contributed by atoms with Crippen LogP contribution in [0.1, 0.15) is 38.7 Å².